The molecule has 0 atom stereocenters. The average molecular weight is 477 g/mol. The molecule has 3 aromatic rings. The van der Waals surface area contributed by atoms with Crippen molar-refractivity contribution in [1.29, 1.82) is 0 Å². The standard InChI is InChI=1S/C28H36N4O3/c1-19(2)9-8-10-20(3)15-16-29-28-30-24-18-26(35-7)25(34-6)17-23(24)27(31-28)32(4)21-11-13-22(33-5)14-12-21/h9,11-15,17-18H,8,10,16H2,1-7H3,(H,29,30,31). The van der Waals surface area contributed by atoms with Crippen LogP contribution in [0.3, 0.4) is 0 Å². The first-order chi connectivity index (χ1) is 16.9. The number of fused-ring (bicyclic) bond motifs is 1. The van der Waals surface area contributed by atoms with Crippen LogP contribution in [0.15, 0.2) is 59.7 Å². The van der Waals surface area contributed by atoms with E-state index in [0.717, 1.165) is 41.0 Å². The fraction of sp³-hybridized carbons (Fsp3) is 0.357. The number of ether oxygens (including phenoxy) is 3. The van der Waals surface area contributed by atoms with Crippen molar-refractivity contribution in [2.45, 2.75) is 33.6 Å². The van der Waals surface area contributed by atoms with Gasteiger partial charge in [0.05, 0.1) is 26.8 Å². The Morgan fingerprint density at radius 3 is 2.23 bits per heavy atom. The maximum absolute atomic E-state index is 5.54. The van der Waals surface area contributed by atoms with Crippen LogP contribution in [0.25, 0.3) is 10.9 Å². The van der Waals surface area contributed by atoms with Crippen LogP contribution < -0.4 is 24.4 Å². The molecule has 7 heteroatoms. The average Bonchev–Trinajstić information content (AvgIpc) is 2.86. The van der Waals surface area contributed by atoms with E-state index in [1.54, 1.807) is 21.3 Å². The third kappa shape index (κ3) is 6.66. The molecule has 0 aliphatic heterocycles. The van der Waals surface area contributed by atoms with Gasteiger partial charge in [-0.2, -0.15) is 4.98 Å². The molecule has 0 fully saturated rings. The van der Waals surface area contributed by atoms with Crippen molar-refractivity contribution in [2.24, 2.45) is 0 Å². The first-order valence-electron chi connectivity index (χ1n) is 11.7. The lowest BCUT2D eigenvalue weighted by atomic mass is 10.1. The molecule has 0 unspecified atom stereocenters. The van der Waals surface area contributed by atoms with Crippen molar-refractivity contribution in [1.82, 2.24) is 9.97 Å². The molecule has 0 saturated carbocycles. The van der Waals surface area contributed by atoms with Crippen molar-refractivity contribution in [3.05, 3.63) is 59.7 Å². The molecule has 7 nitrogen and oxygen atoms in total. The Labute approximate surface area is 208 Å². The van der Waals surface area contributed by atoms with Gasteiger partial charge in [0.25, 0.3) is 0 Å². The van der Waals surface area contributed by atoms with Gasteiger partial charge in [0.2, 0.25) is 5.95 Å². The minimum atomic E-state index is 0.549. The van der Waals surface area contributed by atoms with Crippen LogP contribution in [0.5, 0.6) is 17.2 Å². The van der Waals surface area contributed by atoms with Gasteiger partial charge >= 0.3 is 0 Å². The lowest BCUT2D eigenvalue weighted by Gasteiger charge is -2.22. The van der Waals surface area contributed by atoms with Crippen LogP contribution in [0.4, 0.5) is 17.5 Å². The van der Waals surface area contributed by atoms with E-state index in [1.165, 1.54) is 11.1 Å². The number of rotatable bonds is 11. The number of nitrogens with one attached hydrogen (secondary N) is 1. The van der Waals surface area contributed by atoms with Gasteiger partial charge < -0.3 is 24.4 Å². The highest BCUT2D eigenvalue weighted by Crippen LogP contribution is 2.37. The van der Waals surface area contributed by atoms with Gasteiger partial charge in [-0.1, -0.05) is 23.3 Å². The summed E-state index contributed by atoms with van der Waals surface area (Å²) in [6.07, 6.45) is 6.54. The largest absolute Gasteiger partial charge is 0.497 e. The van der Waals surface area contributed by atoms with E-state index in [2.05, 4.69) is 38.2 Å². The third-order valence-corrected chi connectivity index (χ3v) is 5.76. The number of nitrogens with zero attached hydrogens (tertiary/aromatic N) is 3. The van der Waals surface area contributed by atoms with E-state index in [-0.39, 0.29) is 0 Å². The Bertz CT molecular complexity index is 1200. The summed E-state index contributed by atoms with van der Waals surface area (Å²) in [6.45, 7) is 7.05. The fourth-order valence-corrected chi connectivity index (χ4v) is 3.71. The molecule has 1 heterocycles. The maximum atomic E-state index is 5.54. The van der Waals surface area contributed by atoms with Gasteiger partial charge in [-0.15, -0.1) is 0 Å². The minimum Gasteiger partial charge on any atom is -0.497 e. The minimum absolute atomic E-state index is 0.549. The summed E-state index contributed by atoms with van der Waals surface area (Å²) in [4.78, 5) is 11.7. The monoisotopic (exact) mass is 476 g/mol. The molecule has 1 aromatic heterocycles. The SMILES string of the molecule is COc1ccc(N(C)c2nc(NCC=C(C)CCC=C(C)C)nc3cc(OC)c(OC)cc23)cc1. The molecule has 0 spiro atoms. The normalized spacial score (nSPS) is 11.2. The van der Waals surface area contributed by atoms with E-state index in [1.807, 2.05) is 48.3 Å². The third-order valence-electron chi connectivity index (χ3n) is 5.76. The smallest absolute Gasteiger partial charge is 0.225 e. The van der Waals surface area contributed by atoms with E-state index in [4.69, 9.17) is 24.2 Å². The molecule has 186 valence electrons. The van der Waals surface area contributed by atoms with E-state index in [0.29, 0.717) is 24.0 Å². The Morgan fingerprint density at radius 1 is 0.914 bits per heavy atom. The van der Waals surface area contributed by atoms with Gasteiger partial charge in [-0.25, -0.2) is 4.98 Å². The summed E-state index contributed by atoms with van der Waals surface area (Å²) in [5.74, 6) is 3.36. The number of aromatic nitrogens is 2. The van der Waals surface area contributed by atoms with Gasteiger partial charge in [-0.3, -0.25) is 0 Å². The van der Waals surface area contributed by atoms with Crippen LogP contribution in [0, 0.1) is 0 Å². The maximum Gasteiger partial charge on any atom is 0.225 e. The first-order valence-corrected chi connectivity index (χ1v) is 11.7. The van der Waals surface area contributed by atoms with Crippen LogP contribution in [0.1, 0.15) is 33.6 Å². The van der Waals surface area contributed by atoms with Gasteiger partial charge in [-0.05, 0) is 63.9 Å². The summed E-state index contributed by atoms with van der Waals surface area (Å²) in [7, 11) is 6.89. The second-order valence-corrected chi connectivity index (χ2v) is 8.60. The second-order valence-electron chi connectivity index (χ2n) is 8.60. The number of anilines is 3. The van der Waals surface area contributed by atoms with Crippen molar-refractivity contribution in [2.75, 3.05) is 45.1 Å². The Kier molecular flexibility index (Phi) is 8.95. The molecule has 0 radical (unpaired) electrons. The van der Waals surface area contributed by atoms with E-state index >= 15 is 0 Å². The van der Waals surface area contributed by atoms with Crippen LogP contribution in [-0.2, 0) is 0 Å². The predicted molar refractivity (Wildman–Crippen MR) is 145 cm³/mol. The molecule has 35 heavy (non-hydrogen) atoms. The summed E-state index contributed by atoms with van der Waals surface area (Å²) >= 11 is 0. The molecule has 0 aliphatic rings. The summed E-state index contributed by atoms with van der Waals surface area (Å²) in [5, 5.41) is 4.23. The van der Waals surface area contributed by atoms with E-state index in [9.17, 15) is 0 Å². The molecular formula is C28H36N4O3. The van der Waals surface area contributed by atoms with Gasteiger partial charge in [0.15, 0.2) is 11.5 Å². The summed E-state index contributed by atoms with van der Waals surface area (Å²) in [6, 6.07) is 11.7. The molecule has 2 aromatic carbocycles. The lowest BCUT2D eigenvalue weighted by molar-refractivity contribution is 0.356. The van der Waals surface area contributed by atoms with Crippen LogP contribution >= 0.6 is 0 Å². The number of hydrogen-bond donors (Lipinski definition) is 1. The van der Waals surface area contributed by atoms with Crippen molar-refractivity contribution < 1.29 is 14.2 Å². The van der Waals surface area contributed by atoms with Crippen LogP contribution in [0.2, 0.25) is 0 Å². The Balaban J connectivity index is 1.96. The Hall–Kier alpha value is -3.74. The zero-order valence-corrected chi connectivity index (χ0v) is 21.8. The Morgan fingerprint density at radius 2 is 1.60 bits per heavy atom. The molecule has 0 aliphatic carbocycles. The molecular weight excluding hydrogens is 440 g/mol. The molecule has 3 rings (SSSR count). The van der Waals surface area contributed by atoms with Crippen molar-refractivity contribution in [3.63, 3.8) is 0 Å². The van der Waals surface area contributed by atoms with Gasteiger partial charge in [0, 0.05) is 30.7 Å². The highest BCUT2D eigenvalue weighted by atomic mass is 16.5. The first kappa shape index (κ1) is 25.9. The molecule has 0 amide bonds. The molecule has 1 N–H and O–H groups in total. The zero-order chi connectivity index (χ0) is 25.4. The zero-order valence-electron chi connectivity index (χ0n) is 21.8. The second kappa shape index (κ2) is 12.1. The number of allylic oxidation sites excluding steroid dienone is 3. The molecule has 0 saturated heterocycles. The number of benzene rings is 2. The van der Waals surface area contributed by atoms with Crippen LogP contribution in [-0.4, -0.2) is 44.9 Å². The van der Waals surface area contributed by atoms with Crippen molar-refractivity contribution >= 4 is 28.4 Å². The van der Waals surface area contributed by atoms with Crippen molar-refractivity contribution in [3.8, 4) is 17.2 Å². The highest BCUT2D eigenvalue weighted by molar-refractivity contribution is 5.94. The predicted octanol–water partition coefficient (Wildman–Crippen LogP) is 6.53. The quantitative estimate of drug-likeness (QED) is 0.316. The summed E-state index contributed by atoms with van der Waals surface area (Å²) in [5.41, 5.74) is 4.42. The lowest BCUT2D eigenvalue weighted by Crippen LogP contribution is -2.14. The van der Waals surface area contributed by atoms with E-state index < -0.39 is 0 Å². The number of hydrogen-bond acceptors (Lipinski definition) is 7. The topological polar surface area (TPSA) is 68.7 Å². The summed E-state index contributed by atoms with van der Waals surface area (Å²) < 4.78 is 16.4. The van der Waals surface area contributed by atoms with Gasteiger partial charge in [0.1, 0.15) is 11.6 Å². The highest BCUT2D eigenvalue weighted by Gasteiger charge is 2.17. The molecule has 0 bridgehead atoms. The fourth-order valence-electron chi connectivity index (χ4n) is 3.71. The number of methoxy groups -OCH3 is 3.